The number of hydrogen-bond acceptors (Lipinski definition) is 3. The zero-order chi connectivity index (χ0) is 16.6. The Bertz CT molecular complexity index is 576. The summed E-state index contributed by atoms with van der Waals surface area (Å²) >= 11 is 1.64. The number of thiophene rings is 1. The molecule has 5 heteroatoms. The van der Waals surface area contributed by atoms with Crippen molar-refractivity contribution in [2.75, 3.05) is 0 Å². The third-order valence-electron chi connectivity index (χ3n) is 6.26. The van der Waals surface area contributed by atoms with E-state index in [-0.39, 0.29) is 17.2 Å². The van der Waals surface area contributed by atoms with Crippen LogP contribution in [0.25, 0.3) is 0 Å². The minimum atomic E-state index is -0.111. The highest BCUT2D eigenvalue weighted by Crippen LogP contribution is 2.61. The first-order chi connectivity index (χ1) is 11.6. The van der Waals surface area contributed by atoms with Gasteiger partial charge in [-0.25, -0.2) is 0 Å². The van der Waals surface area contributed by atoms with Crippen LogP contribution in [0.3, 0.4) is 0 Å². The van der Waals surface area contributed by atoms with Crippen molar-refractivity contribution in [3.63, 3.8) is 0 Å². The fourth-order valence-electron chi connectivity index (χ4n) is 5.79. The second-order valence-electron chi connectivity index (χ2n) is 8.32. The topological polar surface area (TPSA) is 58.2 Å². The van der Waals surface area contributed by atoms with Gasteiger partial charge in [-0.2, -0.15) is 11.3 Å². The van der Waals surface area contributed by atoms with E-state index in [4.69, 9.17) is 0 Å². The van der Waals surface area contributed by atoms with Crippen LogP contribution in [-0.4, -0.2) is 11.8 Å². The van der Waals surface area contributed by atoms with Crippen molar-refractivity contribution in [3.05, 3.63) is 22.4 Å². The molecule has 0 atom stereocenters. The summed E-state index contributed by atoms with van der Waals surface area (Å²) in [7, 11) is 0. The van der Waals surface area contributed by atoms with Crippen LogP contribution in [0, 0.1) is 23.2 Å². The predicted octanol–water partition coefficient (Wildman–Crippen LogP) is 3.43. The van der Waals surface area contributed by atoms with Crippen molar-refractivity contribution in [2.45, 2.75) is 57.8 Å². The molecule has 4 saturated carbocycles. The monoisotopic (exact) mass is 346 g/mol. The van der Waals surface area contributed by atoms with E-state index in [2.05, 4.69) is 16.2 Å². The van der Waals surface area contributed by atoms with Gasteiger partial charge in [-0.3, -0.25) is 20.4 Å². The van der Waals surface area contributed by atoms with Gasteiger partial charge >= 0.3 is 0 Å². The summed E-state index contributed by atoms with van der Waals surface area (Å²) in [5, 5.41) is 4.07. The number of rotatable bonds is 5. The molecule has 4 nitrogen and oxygen atoms in total. The molecule has 1 aromatic heterocycles. The largest absolute Gasteiger partial charge is 0.273 e. The second kappa shape index (κ2) is 6.51. The van der Waals surface area contributed by atoms with E-state index < -0.39 is 0 Å². The summed E-state index contributed by atoms with van der Waals surface area (Å²) in [6.07, 6.45) is 9.55. The number of amides is 2. The maximum absolute atomic E-state index is 12.3. The summed E-state index contributed by atoms with van der Waals surface area (Å²) in [6.45, 7) is 0. The van der Waals surface area contributed by atoms with E-state index in [1.807, 2.05) is 11.4 Å². The minimum Gasteiger partial charge on any atom is -0.273 e. The average Bonchev–Trinajstić information content (AvgIpc) is 3.02. The predicted molar refractivity (Wildman–Crippen MR) is 94.1 cm³/mol. The Hall–Kier alpha value is -1.36. The van der Waals surface area contributed by atoms with Gasteiger partial charge in [0.05, 0.1) is 0 Å². The number of aryl methyl sites for hydroxylation is 1. The summed E-state index contributed by atoms with van der Waals surface area (Å²) in [5.41, 5.74) is 6.64. The fourth-order valence-corrected chi connectivity index (χ4v) is 6.49. The molecule has 4 aliphatic carbocycles. The van der Waals surface area contributed by atoms with Gasteiger partial charge in [-0.15, -0.1) is 0 Å². The molecule has 0 aromatic carbocycles. The lowest BCUT2D eigenvalue weighted by atomic mass is 9.49. The molecule has 2 N–H and O–H groups in total. The second-order valence-corrected chi connectivity index (χ2v) is 9.10. The number of carbonyl (C=O) groups is 2. The Labute approximate surface area is 147 Å². The van der Waals surface area contributed by atoms with E-state index in [1.54, 1.807) is 11.3 Å². The summed E-state index contributed by atoms with van der Waals surface area (Å²) in [4.78, 5) is 24.2. The molecule has 0 radical (unpaired) electrons. The molecule has 0 unspecified atom stereocenters. The van der Waals surface area contributed by atoms with Crippen LogP contribution in [0.1, 0.15) is 56.9 Å². The number of hydrogen-bond donors (Lipinski definition) is 2. The molecule has 130 valence electrons. The van der Waals surface area contributed by atoms with Crippen molar-refractivity contribution in [3.8, 4) is 0 Å². The van der Waals surface area contributed by atoms with Crippen LogP contribution in [0.15, 0.2) is 16.8 Å². The summed E-state index contributed by atoms with van der Waals surface area (Å²) in [6, 6.07) is 2.03. The first-order valence-corrected chi connectivity index (χ1v) is 10.1. The third kappa shape index (κ3) is 3.51. The molecule has 1 aromatic rings. The molecular formula is C19H26N2O2S. The maximum atomic E-state index is 12.3. The number of carbonyl (C=O) groups excluding carboxylic acids is 2. The Kier molecular flexibility index (Phi) is 4.37. The highest BCUT2D eigenvalue weighted by molar-refractivity contribution is 7.07. The van der Waals surface area contributed by atoms with Gasteiger partial charge in [-0.05, 0) is 90.5 Å². The molecule has 4 bridgehead atoms. The standard InChI is InChI=1S/C19H26N2O2S/c22-17(2-1-13-3-4-24-12-13)20-21-18(23)11-19-8-14-5-15(9-19)7-16(6-14)10-19/h3-4,12,14-16H,1-2,5-11H2,(H,20,22)(H,21,23). The zero-order valence-electron chi connectivity index (χ0n) is 14.1. The molecule has 0 saturated heterocycles. The Morgan fingerprint density at radius 1 is 1.04 bits per heavy atom. The SMILES string of the molecule is O=C(CCc1ccsc1)NNC(=O)CC12CC3CC(CC(C3)C1)C2. The van der Waals surface area contributed by atoms with Crippen LogP contribution in [-0.2, 0) is 16.0 Å². The number of nitrogens with one attached hydrogen (secondary N) is 2. The first-order valence-electron chi connectivity index (χ1n) is 9.19. The molecular weight excluding hydrogens is 320 g/mol. The normalized spacial score (nSPS) is 33.4. The van der Waals surface area contributed by atoms with Gasteiger partial charge in [0.15, 0.2) is 0 Å². The van der Waals surface area contributed by atoms with Gasteiger partial charge in [0, 0.05) is 12.8 Å². The highest BCUT2D eigenvalue weighted by atomic mass is 32.1. The van der Waals surface area contributed by atoms with Gasteiger partial charge in [0.25, 0.3) is 0 Å². The van der Waals surface area contributed by atoms with E-state index in [9.17, 15) is 9.59 Å². The van der Waals surface area contributed by atoms with Crippen LogP contribution >= 0.6 is 11.3 Å². The van der Waals surface area contributed by atoms with Gasteiger partial charge in [0.2, 0.25) is 11.8 Å². The molecule has 2 amide bonds. The lowest BCUT2D eigenvalue weighted by Crippen LogP contribution is -2.50. The van der Waals surface area contributed by atoms with Crippen LogP contribution < -0.4 is 10.9 Å². The lowest BCUT2D eigenvalue weighted by Gasteiger charge is -2.56. The number of hydrazine groups is 1. The fraction of sp³-hybridized carbons (Fsp3) is 0.684. The molecule has 4 fully saturated rings. The van der Waals surface area contributed by atoms with Crippen molar-refractivity contribution in [1.29, 1.82) is 0 Å². The van der Waals surface area contributed by atoms with E-state index in [0.29, 0.717) is 12.8 Å². The third-order valence-corrected chi connectivity index (χ3v) is 6.99. The van der Waals surface area contributed by atoms with Crippen molar-refractivity contribution >= 4 is 23.2 Å². The lowest BCUT2D eigenvalue weighted by molar-refractivity contribution is -0.134. The van der Waals surface area contributed by atoms with Crippen LogP contribution in [0.4, 0.5) is 0 Å². The van der Waals surface area contributed by atoms with Crippen molar-refractivity contribution in [2.24, 2.45) is 23.2 Å². The van der Waals surface area contributed by atoms with Gasteiger partial charge < -0.3 is 0 Å². The first kappa shape index (κ1) is 16.1. The summed E-state index contributed by atoms with van der Waals surface area (Å²) in [5.74, 6) is 2.43. The average molecular weight is 346 g/mol. The quantitative estimate of drug-likeness (QED) is 0.803. The van der Waals surface area contributed by atoms with Gasteiger partial charge in [-0.1, -0.05) is 0 Å². The molecule has 1 heterocycles. The highest BCUT2D eigenvalue weighted by Gasteiger charge is 2.51. The smallest absolute Gasteiger partial charge is 0.238 e. The van der Waals surface area contributed by atoms with E-state index >= 15 is 0 Å². The van der Waals surface area contributed by atoms with E-state index in [1.165, 1.54) is 44.1 Å². The van der Waals surface area contributed by atoms with Crippen LogP contribution in [0.5, 0.6) is 0 Å². The van der Waals surface area contributed by atoms with Gasteiger partial charge in [0.1, 0.15) is 0 Å². The molecule has 0 aliphatic heterocycles. The Morgan fingerprint density at radius 2 is 1.67 bits per heavy atom. The Morgan fingerprint density at radius 3 is 2.25 bits per heavy atom. The van der Waals surface area contributed by atoms with E-state index in [0.717, 1.165) is 24.2 Å². The zero-order valence-corrected chi connectivity index (χ0v) is 14.9. The molecule has 24 heavy (non-hydrogen) atoms. The molecule has 4 aliphatic rings. The molecule has 0 spiro atoms. The summed E-state index contributed by atoms with van der Waals surface area (Å²) < 4.78 is 0. The van der Waals surface area contributed by atoms with Crippen molar-refractivity contribution in [1.82, 2.24) is 10.9 Å². The molecule has 5 rings (SSSR count). The Balaban J connectivity index is 1.23. The van der Waals surface area contributed by atoms with Crippen molar-refractivity contribution < 1.29 is 9.59 Å². The minimum absolute atomic E-state index is 0.0131. The maximum Gasteiger partial charge on any atom is 0.238 e. The van der Waals surface area contributed by atoms with Crippen LogP contribution in [0.2, 0.25) is 0 Å².